The first-order valence-corrected chi connectivity index (χ1v) is 11.0. The van der Waals surface area contributed by atoms with Crippen LogP contribution in [0, 0.1) is 5.92 Å². The number of rotatable bonds is 8. The van der Waals surface area contributed by atoms with Gasteiger partial charge in [-0.15, -0.1) is 0 Å². The second-order valence-electron chi connectivity index (χ2n) is 6.89. The van der Waals surface area contributed by atoms with Crippen LogP contribution >= 0.6 is 39.7 Å². The summed E-state index contributed by atoms with van der Waals surface area (Å²) in [5.74, 6) is -0.399. The van der Waals surface area contributed by atoms with Crippen LogP contribution < -0.4 is 5.32 Å². The Kier molecular flexibility index (Phi) is 7.75. The molecule has 1 atom stereocenters. The summed E-state index contributed by atoms with van der Waals surface area (Å²) in [6.45, 7) is 1.01. The summed E-state index contributed by atoms with van der Waals surface area (Å²) in [5.41, 5.74) is 1.70. The van der Waals surface area contributed by atoms with Gasteiger partial charge in [-0.1, -0.05) is 52.2 Å². The molecule has 0 saturated carbocycles. The number of carbonyl (C=O) groups excluding carboxylic acids is 2. The van der Waals surface area contributed by atoms with Gasteiger partial charge in [0.2, 0.25) is 16.9 Å². The standard InChI is InChI=1S/C21H21BrClN3O2S/c22-15-7-10-18-17(12-15)20(28)26(21(29)25-18)11-3-1-2-4-19(27)24-13-14-5-8-16(23)9-6-14/h5-10,12,17H,1-4,11,13H2,(H,24,27). The molecule has 1 aliphatic carbocycles. The number of hydrogen-bond acceptors (Lipinski definition) is 3. The smallest absolute Gasteiger partial charge is 0.241 e. The highest BCUT2D eigenvalue weighted by Gasteiger charge is 2.34. The van der Waals surface area contributed by atoms with Crippen LogP contribution in [0.2, 0.25) is 5.02 Å². The Bertz CT molecular complexity index is 896. The molecule has 1 heterocycles. The predicted molar refractivity (Wildman–Crippen MR) is 123 cm³/mol. The van der Waals surface area contributed by atoms with Gasteiger partial charge in [0.15, 0.2) is 0 Å². The predicted octanol–water partition coefficient (Wildman–Crippen LogP) is 4.55. The van der Waals surface area contributed by atoms with Gasteiger partial charge in [0.05, 0.1) is 5.71 Å². The van der Waals surface area contributed by atoms with Crippen molar-refractivity contribution in [2.24, 2.45) is 10.9 Å². The van der Waals surface area contributed by atoms with Crippen molar-refractivity contribution in [2.45, 2.75) is 32.2 Å². The number of amides is 2. The highest BCUT2D eigenvalue weighted by molar-refractivity contribution is 9.11. The Balaban J connectivity index is 1.37. The van der Waals surface area contributed by atoms with Gasteiger partial charge >= 0.3 is 0 Å². The maximum absolute atomic E-state index is 12.7. The van der Waals surface area contributed by atoms with Crippen molar-refractivity contribution in [2.75, 3.05) is 6.54 Å². The summed E-state index contributed by atoms with van der Waals surface area (Å²) in [6, 6.07) is 7.40. The lowest BCUT2D eigenvalue weighted by Gasteiger charge is -2.30. The molecule has 0 bridgehead atoms. The third-order valence-corrected chi connectivity index (χ3v) is 5.83. The number of halogens is 2. The number of allylic oxidation sites excluding steroid dienone is 3. The Morgan fingerprint density at radius 3 is 2.72 bits per heavy atom. The molecule has 2 aliphatic rings. The SMILES string of the molecule is O=C(CCCCCN1C(=O)C2C=C(Br)C=CC2=NC1=S)NCc1ccc(Cl)cc1. The Morgan fingerprint density at radius 1 is 1.21 bits per heavy atom. The molecule has 5 nitrogen and oxygen atoms in total. The summed E-state index contributed by atoms with van der Waals surface area (Å²) in [5, 5.41) is 3.90. The Hall–Kier alpha value is -1.83. The third-order valence-electron chi connectivity index (χ3n) is 4.73. The fraction of sp³-hybridized carbons (Fsp3) is 0.333. The minimum absolute atomic E-state index is 0.0164. The fourth-order valence-corrected chi connectivity index (χ4v) is 3.94. The van der Waals surface area contributed by atoms with Gasteiger partial charge in [0.25, 0.3) is 0 Å². The average molecular weight is 495 g/mol. The number of nitrogens with zero attached hydrogens (tertiary/aromatic N) is 2. The summed E-state index contributed by atoms with van der Waals surface area (Å²) in [6.07, 6.45) is 8.35. The lowest BCUT2D eigenvalue weighted by Crippen LogP contribution is -2.46. The molecule has 8 heteroatoms. The number of fused-ring (bicyclic) bond motifs is 1. The van der Waals surface area contributed by atoms with Crippen LogP contribution in [0.25, 0.3) is 0 Å². The maximum Gasteiger partial charge on any atom is 0.241 e. The van der Waals surface area contributed by atoms with Crippen molar-refractivity contribution in [3.8, 4) is 0 Å². The van der Waals surface area contributed by atoms with Gasteiger partial charge in [0, 0.05) is 29.0 Å². The molecule has 1 aromatic carbocycles. The van der Waals surface area contributed by atoms with Gasteiger partial charge in [-0.2, -0.15) is 0 Å². The van der Waals surface area contributed by atoms with Gasteiger partial charge in [0.1, 0.15) is 5.92 Å². The normalized spacial score (nSPS) is 18.3. The zero-order chi connectivity index (χ0) is 20.8. The van der Waals surface area contributed by atoms with E-state index in [9.17, 15) is 9.59 Å². The molecule has 2 amide bonds. The van der Waals surface area contributed by atoms with Gasteiger partial charge < -0.3 is 5.32 Å². The van der Waals surface area contributed by atoms with Crippen LogP contribution in [0.5, 0.6) is 0 Å². The molecule has 1 N–H and O–H groups in total. The minimum Gasteiger partial charge on any atom is -0.352 e. The topological polar surface area (TPSA) is 61.8 Å². The Labute approximate surface area is 189 Å². The lowest BCUT2D eigenvalue weighted by molar-refractivity contribution is -0.128. The van der Waals surface area contributed by atoms with Gasteiger partial charge in [-0.3, -0.25) is 14.5 Å². The largest absolute Gasteiger partial charge is 0.352 e. The van der Waals surface area contributed by atoms with E-state index in [2.05, 4.69) is 26.2 Å². The molecular weight excluding hydrogens is 474 g/mol. The van der Waals surface area contributed by atoms with E-state index in [0.29, 0.717) is 35.4 Å². The number of benzene rings is 1. The molecule has 0 aromatic heterocycles. The van der Waals surface area contributed by atoms with E-state index in [0.717, 1.165) is 29.3 Å². The van der Waals surface area contributed by atoms with Crippen molar-refractivity contribution >= 4 is 62.4 Å². The van der Waals surface area contributed by atoms with Crippen molar-refractivity contribution < 1.29 is 9.59 Å². The molecule has 3 rings (SSSR count). The van der Waals surface area contributed by atoms with Crippen LogP contribution in [0.3, 0.4) is 0 Å². The second kappa shape index (κ2) is 10.3. The first kappa shape index (κ1) is 21.9. The number of unbranched alkanes of at least 4 members (excludes halogenated alkanes) is 2. The molecule has 0 fully saturated rings. The number of aliphatic imine (C=N–C) groups is 1. The highest BCUT2D eigenvalue weighted by Crippen LogP contribution is 2.25. The molecule has 1 unspecified atom stereocenters. The number of carbonyl (C=O) groups is 2. The van der Waals surface area contributed by atoms with E-state index in [4.69, 9.17) is 23.8 Å². The van der Waals surface area contributed by atoms with E-state index in [1.165, 1.54) is 0 Å². The number of hydrogen-bond donors (Lipinski definition) is 1. The minimum atomic E-state index is -0.375. The molecular formula is C21H21BrClN3O2S. The fourth-order valence-electron chi connectivity index (χ4n) is 3.14. The summed E-state index contributed by atoms with van der Waals surface area (Å²) in [7, 11) is 0. The summed E-state index contributed by atoms with van der Waals surface area (Å²) >= 11 is 14.5. The van der Waals surface area contributed by atoms with Crippen molar-refractivity contribution in [3.05, 3.63) is 57.6 Å². The Morgan fingerprint density at radius 2 is 1.97 bits per heavy atom. The zero-order valence-corrected chi connectivity index (χ0v) is 18.9. The van der Waals surface area contributed by atoms with Gasteiger partial charge in [-0.05, 0) is 54.9 Å². The van der Waals surface area contributed by atoms with E-state index in [-0.39, 0.29) is 17.7 Å². The molecule has 1 aliphatic heterocycles. The van der Waals surface area contributed by atoms with Crippen LogP contribution in [0.1, 0.15) is 31.2 Å². The van der Waals surface area contributed by atoms with E-state index >= 15 is 0 Å². The summed E-state index contributed by atoms with van der Waals surface area (Å²) in [4.78, 5) is 30.7. The monoisotopic (exact) mass is 493 g/mol. The molecule has 1 aromatic rings. The van der Waals surface area contributed by atoms with Crippen LogP contribution in [-0.2, 0) is 16.1 Å². The van der Waals surface area contributed by atoms with E-state index < -0.39 is 0 Å². The van der Waals surface area contributed by atoms with E-state index in [1.807, 2.05) is 30.4 Å². The average Bonchev–Trinajstić information content (AvgIpc) is 2.70. The van der Waals surface area contributed by atoms with Crippen molar-refractivity contribution in [1.82, 2.24) is 10.2 Å². The maximum atomic E-state index is 12.7. The number of thiocarbonyl (C=S) groups is 1. The molecule has 0 radical (unpaired) electrons. The highest BCUT2D eigenvalue weighted by atomic mass is 79.9. The second-order valence-corrected chi connectivity index (χ2v) is 8.60. The molecule has 152 valence electrons. The van der Waals surface area contributed by atoms with Crippen molar-refractivity contribution in [1.29, 1.82) is 0 Å². The third kappa shape index (κ3) is 6.07. The first-order valence-electron chi connectivity index (χ1n) is 9.44. The molecule has 29 heavy (non-hydrogen) atoms. The first-order chi connectivity index (χ1) is 13.9. The summed E-state index contributed by atoms with van der Waals surface area (Å²) < 4.78 is 0.868. The van der Waals surface area contributed by atoms with Crippen LogP contribution in [-0.4, -0.2) is 34.1 Å². The quantitative estimate of drug-likeness (QED) is 0.426. The van der Waals surface area contributed by atoms with Crippen LogP contribution in [0.4, 0.5) is 0 Å². The van der Waals surface area contributed by atoms with Crippen LogP contribution in [0.15, 0.2) is 52.0 Å². The number of nitrogens with one attached hydrogen (secondary N) is 1. The van der Waals surface area contributed by atoms with E-state index in [1.54, 1.807) is 17.0 Å². The molecule has 0 spiro atoms. The lowest BCUT2D eigenvalue weighted by atomic mass is 9.95. The zero-order valence-electron chi connectivity index (χ0n) is 15.7. The van der Waals surface area contributed by atoms with Crippen molar-refractivity contribution in [3.63, 3.8) is 0 Å². The molecule has 0 saturated heterocycles. The van der Waals surface area contributed by atoms with Gasteiger partial charge in [-0.25, -0.2) is 4.99 Å².